The number of aliphatic hydroxyl groups excluding tert-OH is 1. The molecule has 1 aromatic heterocycles. The topological polar surface area (TPSA) is 88.2 Å². The van der Waals surface area contributed by atoms with Crippen LogP contribution < -0.4 is 0 Å². The average molecular weight is 299 g/mol. The highest BCUT2D eigenvalue weighted by molar-refractivity contribution is 5.89. The molecule has 22 heavy (non-hydrogen) atoms. The molecule has 2 saturated carbocycles. The zero-order valence-corrected chi connectivity index (χ0v) is 12.1. The maximum Gasteiger partial charge on any atom is 0.335 e. The summed E-state index contributed by atoms with van der Waals surface area (Å²) in [5.41, 5.74) is 1.56. The van der Waals surface area contributed by atoms with Gasteiger partial charge in [-0.3, -0.25) is 0 Å². The molecule has 2 aliphatic carbocycles. The second-order valence-electron chi connectivity index (χ2n) is 6.09. The van der Waals surface area contributed by atoms with Crippen molar-refractivity contribution in [1.82, 2.24) is 14.8 Å². The van der Waals surface area contributed by atoms with E-state index >= 15 is 0 Å². The Bertz CT molecular complexity index is 745. The Morgan fingerprint density at radius 2 is 2.00 bits per heavy atom. The molecule has 0 atom stereocenters. The van der Waals surface area contributed by atoms with Crippen LogP contribution in [0.4, 0.5) is 0 Å². The van der Waals surface area contributed by atoms with Crippen LogP contribution in [-0.4, -0.2) is 30.9 Å². The van der Waals surface area contributed by atoms with Gasteiger partial charge < -0.3 is 14.8 Å². The number of aromatic nitrogens is 3. The largest absolute Gasteiger partial charge is 0.478 e. The van der Waals surface area contributed by atoms with Gasteiger partial charge in [0.15, 0.2) is 5.82 Å². The number of hydrogen-bond acceptors (Lipinski definition) is 4. The van der Waals surface area contributed by atoms with E-state index in [-0.39, 0.29) is 12.2 Å². The molecule has 6 heteroatoms. The molecular weight excluding hydrogens is 282 g/mol. The van der Waals surface area contributed by atoms with Gasteiger partial charge in [-0.05, 0) is 43.4 Å². The summed E-state index contributed by atoms with van der Waals surface area (Å²) < 4.78 is 2.16. The van der Waals surface area contributed by atoms with Crippen LogP contribution in [0.25, 0.3) is 11.4 Å². The van der Waals surface area contributed by atoms with Crippen molar-refractivity contribution >= 4 is 5.97 Å². The third-order valence-electron chi connectivity index (χ3n) is 4.34. The number of aromatic carboxylic acids is 1. The van der Waals surface area contributed by atoms with Crippen molar-refractivity contribution in [3.8, 4) is 11.4 Å². The Balaban J connectivity index is 1.87. The summed E-state index contributed by atoms with van der Waals surface area (Å²) in [6.45, 7) is -0.147. The van der Waals surface area contributed by atoms with Crippen LogP contribution in [0.5, 0.6) is 0 Å². The van der Waals surface area contributed by atoms with Gasteiger partial charge in [0.25, 0.3) is 0 Å². The first-order valence-corrected chi connectivity index (χ1v) is 7.61. The van der Waals surface area contributed by atoms with E-state index in [1.807, 2.05) is 0 Å². The highest BCUT2D eigenvalue weighted by Gasteiger charge is 2.36. The second kappa shape index (κ2) is 4.91. The van der Waals surface area contributed by atoms with E-state index < -0.39 is 5.97 Å². The highest BCUT2D eigenvalue weighted by Crippen LogP contribution is 2.46. The summed E-state index contributed by atoms with van der Waals surface area (Å²) in [5.74, 6) is 1.21. The van der Waals surface area contributed by atoms with Gasteiger partial charge in [0.1, 0.15) is 5.82 Å². The molecule has 1 aromatic carbocycles. The van der Waals surface area contributed by atoms with Crippen LogP contribution in [0.1, 0.15) is 59.4 Å². The minimum absolute atomic E-state index is 0.147. The van der Waals surface area contributed by atoms with E-state index in [0.717, 1.165) is 31.5 Å². The fourth-order valence-corrected chi connectivity index (χ4v) is 2.86. The summed E-state index contributed by atoms with van der Waals surface area (Å²) in [7, 11) is 0. The third-order valence-corrected chi connectivity index (χ3v) is 4.34. The van der Waals surface area contributed by atoms with Gasteiger partial charge in [-0.2, -0.15) is 0 Å². The van der Waals surface area contributed by atoms with Gasteiger partial charge in [-0.15, -0.1) is 10.2 Å². The molecule has 0 amide bonds. The van der Waals surface area contributed by atoms with Gasteiger partial charge in [0, 0.05) is 17.5 Å². The lowest BCUT2D eigenvalue weighted by atomic mass is 10.0. The SMILES string of the molecule is O=C(O)c1ccc(CO)c(-c2nnc(C3CC3)n2C2CC2)c1. The molecular formula is C16H17N3O3. The molecule has 0 unspecified atom stereocenters. The Morgan fingerprint density at radius 1 is 1.23 bits per heavy atom. The number of nitrogens with zero attached hydrogens (tertiary/aromatic N) is 3. The van der Waals surface area contributed by atoms with Gasteiger partial charge in [0.05, 0.1) is 12.2 Å². The van der Waals surface area contributed by atoms with Crippen LogP contribution in [0.2, 0.25) is 0 Å². The van der Waals surface area contributed by atoms with Crippen LogP contribution >= 0.6 is 0 Å². The summed E-state index contributed by atoms with van der Waals surface area (Å²) in [6.07, 6.45) is 4.51. The predicted molar refractivity (Wildman–Crippen MR) is 78.6 cm³/mol. The first-order valence-electron chi connectivity index (χ1n) is 7.61. The van der Waals surface area contributed by atoms with Gasteiger partial charge >= 0.3 is 5.97 Å². The molecule has 0 bridgehead atoms. The molecule has 2 aromatic rings. The summed E-state index contributed by atoms with van der Waals surface area (Å²) in [4.78, 5) is 11.2. The minimum Gasteiger partial charge on any atom is -0.478 e. The lowest BCUT2D eigenvalue weighted by molar-refractivity contribution is 0.0697. The van der Waals surface area contributed by atoms with Crippen LogP contribution in [0, 0.1) is 0 Å². The quantitative estimate of drug-likeness (QED) is 0.884. The summed E-state index contributed by atoms with van der Waals surface area (Å²) in [6, 6.07) is 5.17. The number of hydrogen-bond donors (Lipinski definition) is 2. The van der Waals surface area contributed by atoms with Crippen LogP contribution in [0.15, 0.2) is 18.2 Å². The van der Waals surface area contributed by atoms with Gasteiger partial charge in [-0.1, -0.05) is 6.07 Å². The lowest BCUT2D eigenvalue weighted by Crippen LogP contribution is -2.05. The number of benzene rings is 1. The fourth-order valence-electron chi connectivity index (χ4n) is 2.86. The molecule has 2 fully saturated rings. The molecule has 0 saturated heterocycles. The average Bonchev–Trinajstić information content (AvgIpc) is 3.45. The summed E-state index contributed by atoms with van der Waals surface area (Å²) >= 11 is 0. The smallest absolute Gasteiger partial charge is 0.335 e. The number of carboxylic acid groups (broad SMARTS) is 1. The zero-order chi connectivity index (χ0) is 15.3. The molecule has 4 rings (SSSR count). The standard InChI is InChI=1S/C16H17N3O3/c20-8-11-4-3-10(16(21)22)7-13(11)15-18-17-14(9-1-2-9)19(15)12-5-6-12/h3-4,7,9,12,20H,1-2,5-6,8H2,(H,21,22). The van der Waals surface area contributed by atoms with Crippen molar-refractivity contribution in [2.75, 3.05) is 0 Å². The van der Waals surface area contributed by atoms with E-state index in [2.05, 4.69) is 14.8 Å². The maximum absolute atomic E-state index is 11.2. The fraction of sp³-hybridized carbons (Fsp3) is 0.438. The van der Waals surface area contributed by atoms with E-state index in [0.29, 0.717) is 28.9 Å². The Kier molecular flexibility index (Phi) is 3.00. The first-order chi connectivity index (χ1) is 10.7. The molecule has 0 spiro atoms. The van der Waals surface area contributed by atoms with Crippen molar-refractivity contribution in [3.05, 3.63) is 35.2 Å². The molecule has 1 heterocycles. The molecule has 2 N–H and O–H groups in total. The lowest BCUT2D eigenvalue weighted by Gasteiger charge is -2.12. The Morgan fingerprint density at radius 3 is 2.59 bits per heavy atom. The maximum atomic E-state index is 11.2. The van der Waals surface area contributed by atoms with Crippen LogP contribution in [-0.2, 0) is 6.61 Å². The van der Waals surface area contributed by atoms with E-state index in [1.165, 1.54) is 6.07 Å². The molecule has 114 valence electrons. The normalized spacial score (nSPS) is 17.7. The van der Waals surface area contributed by atoms with E-state index in [1.54, 1.807) is 12.1 Å². The zero-order valence-electron chi connectivity index (χ0n) is 12.1. The predicted octanol–water partition coefficient (Wildman–Crippen LogP) is 2.35. The van der Waals surface area contributed by atoms with E-state index in [9.17, 15) is 15.0 Å². The number of rotatable bonds is 5. The Hall–Kier alpha value is -2.21. The number of carbonyl (C=O) groups is 1. The van der Waals surface area contributed by atoms with Gasteiger partial charge in [-0.25, -0.2) is 4.79 Å². The van der Waals surface area contributed by atoms with Crippen LogP contribution in [0.3, 0.4) is 0 Å². The van der Waals surface area contributed by atoms with E-state index in [4.69, 9.17) is 0 Å². The van der Waals surface area contributed by atoms with Crippen molar-refractivity contribution in [1.29, 1.82) is 0 Å². The first kappa shape index (κ1) is 13.5. The second-order valence-corrected chi connectivity index (χ2v) is 6.09. The molecule has 0 radical (unpaired) electrons. The number of aliphatic hydroxyl groups is 1. The number of carboxylic acids is 1. The molecule has 6 nitrogen and oxygen atoms in total. The monoisotopic (exact) mass is 299 g/mol. The van der Waals surface area contributed by atoms with Crippen molar-refractivity contribution in [2.24, 2.45) is 0 Å². The highest BCUT2D eigenvalue weighted by atomic mass is 16.4. The van der Waals surface area contributed by atoms with Gasteiger partial charge in [0.2, 0.25) is 0 Å². The molecule has 0 aliphatic heterocycles. The summed E-state index contributed by atoms with van der Waals surface area (Å²) in [5, 5.41) is 27.5. The van der Waals surface area contributed by atoms with Crippen molar-refractivity contribution < 1.29 is 15.0 Å². The van der Waals surface area contributed by atoms with Crippen molar-refractivity contribution in [3.63, 3.8) is 0 Å². The Labute approximate surface area is 127 Å². The molecule has 2 aliphatic rings. The van der Waals surface area contributed by atoms with Crippen molar-refractivity contribution in [2.45, 2.75) is 44.2 Å². The third kappa shape index (κ3) is 2.20. The minimum atomic E-state index is -0.981.